The van der Waals surface area contributed by atoms with Gasteiger partial charge in [0.05, 0.1) is 12.5 Å². The van der Waals surface area contributed by atoms with Gasteiger partial charge < -0.3 is 14.6 Å². The van der Waals surface area contributed by atoms with Crippen molar-refractivity contribution in [3.05, 3.63) is 52.4 Å². The van der Waals surface area contributed by atoms with Crippen LogP contribution >= 0.6 is 0 Å². The summed E-state index contributed by atoms with van der Waals surface area (Å²) in [5.74, 6) is 0.453. The molecule has 2 aromatic heterocycles. The van der Waals surface area contributed by atoms with Crippen LogP contribution in [0.15, 0.2) is 46.3 Å². The molecule has 122 valence electrons. The number of aromatic amines is 1. The molecule has 0 aliphatic heterocycles. The van der Waals surface area contributed by atoms with E-state index in [0.29, 0.717) is 12.1 Å². The van der Waals surface area contributed by atoms with Gasteiger partial charge in [0.15, 0.2) is 11.2 Å². The van der Waals surface area contributed by atoms with Crippen molar-refractivity contribution in [3.8, 4) is 5.88 Å². The van der Waals surface area contributed by atoms with Crippen LogP contribution in [0.3, 0.4) is 0 Å². The van der Waals surface area contributed by atoms with Crippen molar-refractivity contribution in [2.75, 3.05) is 14.1 Å². The second kappa shape index (κ2) is 6.86. The summed E-state index contributed by atoms with van der Waals surface area (Å²) in [6.45, 7) is 0.324. The van der Waals surface area contributed by atoms with Gasteiger partial charge in [-0.1, -0.05) is 30.3 Å². The number of benzene rings is 1. The second-order valence-electron chi connectivity index (χ2n) is 5.26. The van der Waals surface area contributed by atoms with Crippen LogP contribution in [-0.2, 0) is 6.61 Å². The largest absolute Gasteiger partial charge is 0.471 e. The Morgan fingerprint density at radius 1 is 1.25 bits per heavy atom. The number of hydrogen-bond donors (Lipinski definition) is 1. The molecule has 24 heavy (non-hydrogen) atoms. The minimum absolute atomic E-state index is 0.183. The van der Waals surface area contributed by atoms with Gasteiger partial charge >= 0.3 is 0 Å². The smallest absolute Gasteiger partial charge is 0.268 e. The maximum absolute atomic E-state index is 11.5. The zero-order valence-corrected chi connectivity index (χ0v) is 13.3. The van der Waals surface area contributed by atoms with Gasteiger partial charge in [-0.25, -0.2) is 9.98 Å². The highest BCUT2D eigenvalue weighted by Gasteiger charge is 2.11. The molecule has 1 N–H and O–H groups in total. The lowest BCUT2D eigenvalue weighted by Crippen LogP contribution is -2.10. The quantitative estimate of drug-likeness (QED) is 0.564. The first kappa shape index (κ1) is 15.6. The summed E-state index contributed by atoms with van der Waals surface area (Å²) in [4.78, 5) is 32.5. The highest BCUT2D eigenvalue weighted by Crippen LogP contribution is 2.21. The fraction of sp³-hybridized carbons (Fsp3) is 0.188. The molecule has 0 aliphatic rings. The highest BCUT2D eigenvalue weighted by molar-refractivity contribution is 5.76. The summed E-state index contributed by atoms with van der Waals surface area (Å²) in [6, 6.07) is 9.69. The van der Waals surface area contributed by atoms with Crippen molar-refractivity contribution in [1.82, 2.24) is 24.8 Å². The minimum atomic E-state index is -0.349. The highest BCUT2D eigenvalue weighted by atomic mass is 16.5. The molecule has 0 atom stereocenters. The van der Waals surface area contributed by atoms with E-state index in [1.807, 2.05) is 44.4 Å². The third kappa shape index (κ3) is 3.72. The maximum atomic E-state index is 11.5. The molecule has 3 rings (SSSR count). The molecule has 0 spiro atoms. The monoisotopic (exact) mass is 324 g/mol. The van der Waals surface area contributed by atoms with E-state index in [-0.39, 0.29) is 23.0 Å². The lowest BCUT2D eigenvalue weighted by atomic mass is 10.2. The molecule has 0 unspecified atom stereocenters. The molecule has 3 aromatic rings. The number of aromatic nitrogens is 4. The van der Waals surface area contributed by atoms with Gasteiger partial charge in [-0.3, -0.25) is 4.79 Å². The summed E-state index contributed by atoms with van der Waals surface area (Å²) in [6.07, 6.45) is 2.74. The second-order valence-corrected chi connectivity index (χ2v) is 5.26. The Morgan fingerprint density at radius 2 is 2.04 bits per heavy atom. The fourth-order valence-corrected chi connectivity index (χ4v) is 1.95. The van der Waals surface area contributed by atoms with E-state index in [0.717, 1.165) is 5.56 Å². The standard InChI is InChI=1S/C16H16N6O2/c1-22(2)10-18-16-20-14-13(17-8-12(23)19-14)15(21-16)24-9-11-6-4-3-5-7-11/h3-8,10H,9H2,1-2H3,(H,19,20,21,23). The van der Waals surface area contributed by atoms with Gasteiger partial charge in [-0.05, 0) is 5.56 Å². The van der Waals surface area contributed by atoms with E-state index in [1.54, 1.807) is 11.2 Å². The molecule has 0 amide bonds. The molecule has 0 saturated carbocycles. The van der Waals surface area contributed by atoms with Crippen molar-refractivity contribution in [1.29, 1.82) is 0 Å². The SMILES string of the molecule is CN(C)C=Nc1nc(OCc2ccccc2)c2ncc(=O)[nH]c2n1. The van der Waals surface area contributed by atoms with E-state index in [4.69, 9.17) is 4.74 Å². The molecule has 8 nitrogen and oxygen atoms in total. The van der Waals surface area contributed by atoms with E-state index in [2.05, 4.69) is 24.9 Å². The number of nitrogens with one attached hydrogen (secondary N) is 1. The van der Waals surface area contributed by atoms with Gasteiger partial charge in [-0.15, -0.1) is 0 Å². The number of hydrogen-bond acceptors (Lipinski definition) is 6. The first-order chi connectivity index (χ1) is 11.6. The number of fused-ring (bicyclic) bond motifs is 1. The molecule has 8 heteroatoms. The number of aliphatic imine (C=N–C) groups is 1. The zero-order chi connectivity index (χ0) is 16.9. The van der Waals surface area contributed by atoms with Gasteiger partial charge in [0, 0.05) is 14.1 Å². The lowest BCUT2D eigenvalue weighted by Gasteiger charge is -2.08. The average Bonchev–Trinajstić information content (AvgIpc) is 2.58. The van der Waals surface area contributed by atoms with Crippen molar-refractivity contribution < 1.29 is 4.74 Å². The molecule has 0 saturated heterocycles. The number of nitrogens with zero attached hydrogens (tertiary/aromatic N) is 5. The van der Waals surface area contributed by atoms with E-state index < -0.39 is 0 Å². The van der Waals surface area contributed by atoms with Gasteiger partial charge in [0.2, 0.25) is 5.88 Å². The normalized spacial score (nSPS) is 11.1. The van der Waals surface area contributed by atoms with Crippen LogP contribution in [0, 0.1) is 0 Å². The van der Waals surface area contributed by atoms with E-state index in [9.17, 15) is 4.79 Å². The summed E-state index contributed by atoms with van der Waals surface area (Å²) in [5, 5.41) is 0. The van der Waals surface area contributed by atoms with Crippen molar-refractivity contribution >= 4 is 23.5 Å². The fourth-order valence-electron chi connectivity index (χ4n) is 1.95. The van der Waals surface area contributed by atoms with Crippen LogP contribution in [0.5, 0.6) is 5.88 Å². The first-order valence-electron chi connectivity index (χ1n) is 7.26. The Hall–Kier alpha value is -3.29. The zero-order valence-electron chi connectivity index (χ0n) is 13.3. The molecule has 0 aliphatic carbocycles. The van der Waals surface area contributed by atoms with Gasteiger partial charge in [0.1, 0.15) is 6.61 Å². The third-order valence-electron chi connectivity index (χ3n) is 3.02. The molecule has 0 bridgehead atoms. The summed E-state index contributed by atoms with van der Waals surface area (Å²) in [5.41, 5.74) is 1.31. The average molecular weight is 324 g/mol. The van der Waals surface area contributed by atoms with E-state index >= 15 is 0 Å². The summed E-state index contributed by atoms with van der Waals surface area (Å²) >= 11 is 0. The van der Waals surface area contributed by atoms with Crippen LogP contribution in [-0.4, -0.2) is 45.3 Å². The van der Waals surface area contributed by atoms with Crippen LogP contribution < -0.4 is 10.3 Å². The van der Waals surface area contributed by atoms with Crippen molar-refractivity contribution in [3.63, 3.8) is 0 Å². The Bertz CT molecular complexity index is 921. The minimum Gasteiger partial charge on any atom is -0.471 e. The van der Waals surface area contributed by atoms with Gasteiger partial charge in [0.25, 0.3) is 11.5 Å². The van der Waals surface area contributed by atoms with Crippen LogP contribution in [0.4, 0.5) is 5.95 Å². The maximum Gasteiger partial charge on any atom is 0.268 e. The Kier molecular flexibility index (Phi) is 4.46. The molecule has 0 fully saturated rings. The first-order valence-corrected chi connectivity index (χ1v) is 7.26. The molecular weight excluding hydrogens is 308 g/mol. The van der Waals surface area contributed by atoms with Crippen LogP contribution in [0.2, 0.25) is 0 Å². The predicted molar refractivity (Wildman–Crippen MR) is 90.6 cm³/mol. The Labute approximate surface area is 137 Å². The van der Waals surface area contributed by atoms with Crippen molar-refractivity contribution in [2.45, 2.75) is 6.61 Å². The Morgan fingerprint density at radius 3 is 2.79 bits per heavy atom. The number of H-pyrrole nitrogens is 1. The number of rotatable bonds is 5. The third-order valence-corrected chi connectivity index (χ3v) is 3.02. The van der Waals surface area contributed by atoms with Gasteiger partial charge in [-0.2, -0.15) is 9.97 Å². The molecule has 0 radical (unpaired) electrons. The topological polar surface area (TPSA) is 96.4 Å². The predicted octanol–water partition coefficient (Wildman–Crippen LogP) is 1.51. The van der Waals surface area contributed by atoms with Crippen molar-refractivity contribution in [2.24, 2.45) is 4.99 Å². The lowest BCUT2D eigenvalue weighted by molar-refractivity contribution is 0.297. The molecule has 1 aromatic carbocycles. The summed E-state index contributed by atoms with van der Waals surface area (Å²) in [7, 11) is 3.67. The van der Waals surface area contributed by atoms with E-state index in [1.165, 1.54) is 6.20 Å². The van der Waals surface area contributed by atoms with Crippen LogP contribution in [0.25, 0.3) is 11.2 Å². The molecule has 2 heterocycles. The summed E-state index contributed by atoms with van der Waals surface area (Å²) < 4.78 is 5.77. The Balaban J connectivity index is 1.98. The van der Waals surface area contributed by atoms with Crippen LogP contribution in [0.1, 0.15) is 5.56 Å². The number of ether oxygens (including phenoxy) is 1. The molecular formula is C16H16N6O2.